The number of amides is 1. The molecular weight excluding hydrogens is 284 g/mol. The van der Waals surface area contributed by atoms with Gasteiger partial charge in [0, 0.05) is 12.1 Å². The summed E-state index contributed by atoms with van der Waals surface area (Å²) in [6, 6.07) is 7.83. The predicted octanol–water partition coefficient (Wildman–Crippen LogP) is 2.66. The standard InChI is InChI=1S/C16H24N2O2S/c1-4-13-16(19)18(10-7-11-21-3)15(17-13)12-8-5-6-9-14(12)20-2/h5-6,8-9,13,15,17H,4,7,10-11H2,1-3H3. The van der Waals surface area contributed by atoms with Crippen LogP contribution in [0.5, 0.6) is 5.75 Å². The van der Waals surface area contributed by atoms with Crippen LogP contribution in [-0.2, 0) is 4.79 Å². The molecule has 1 aliphatic heterocycles. The van der Waals surface area contributed by atoms with Crippen LogP contribution in [0.25, 0.3) is 0 Å². The molecule has 1 saturated heterocycles. The zero-order valence-electron chi connectivity index (χ0n) is 13.0. The maximum atomic E-state index is 12.5. The van der Waals surface area contributed by atoms with Gasteiger partial charge in [0.2, 0.25) is 5.91 Å². The van der Waals surface area contributed by atoms with Crippen molar-refractivity contribution in [3.63, 3.8) is 0 Å². The Hall–Kier alpha value is -1.20. The molecule has 5 heteroatoms. The maximum absolute atomic E-state index is 12.5. The summed E-state index contributed by atoms with van der Waals surface area (Å²) in [6.45, 7) is 2.83. The van der Waals surface area contributed by atoms with Gasteiger partial charge in [-0.25, -0.2) is 0 Å². The monoisotopic (exact) mass is 308 g/mol. The lowest BCUT2D eigenvalue weighted by molar-refractivity contribution is -0.130. The molecule has 1 aromatic rings. The van der Waals surface area contributed by atoms with Crippen molar-refractivity contribution in [2.75, 3.05) is 25.7 Å². The van der Waals surface area contributed by atoms with E-state index in [1.54, 1.807) is 7.11 Å². The van der Waals surface area contributed by atoms with E-state index in [-0.39, 0.29) is 18.1 Å². The second kappa shape index (κ2) is 7.71. The number of hydrogen-bond acceptors (Lipinski definition) is 4. The number of nitrogens with zero attached hydrogens (tertiary/aromatic N) is 1. The fourth-order valence-electron chi connectivity index (χ4n) is 2.74. The van der Waals surface area contributed by atoms with Gasteiger partial charge in [0.1, 0.15) is 11.9 Å². The number of ether oxygens (including phenoxy) is 1. The molecular formula is C16H24N2O2S. The molecule has 1 amide bonds. The number of para-hydroxylation sites is 1. The molecule has 0 saturated carbocycles. The van der Waals surface area contributed by atoms with E-state index in [9.17, 15) is 4.79 Å². The highest BCUT2D eigenvalue weighted by Gasteiger charge is 2.39. The van der Waals surface area contributed by atoms with Crippen LogP contribution in [0.1, 0.15) is 31.5 Å². The summed E-state index contributed by atoms with van der Waals surface area (Å²) in [6.07, 6.45) is 3.83. The molecule has 21 heavy (non-hydrogen) atoms. The molecule has 2 atom stereocenters. The summed E-state index contributed by atoms with van der Waals surface area (Å²) in [5, 5.41) is 3.45. The average molecular weight is 308 g/mol. The lowest BCUT2D eigenvalue weighted by Gasteiger charge is -2.25. The van der Waals surface area contributed by atoms with E-state index < -0.39 is 0 Å². The summed E-state index contributed by atoms with van der Waals surface area (Å²) in [5.41, 5.74) is 1.04. The summed E-state index contributed by atoms with van der Waals surface area (Å²) >= 11 is 1.81. The molecule has 1 aromatic carbocycles. The molecule has 0 radical (unpaired) electrons. The first-order chi connectivity index (χ1) is 10.2. The summed E-state index contributed by atoms with van der Waals surface area (Å²) in [7, 11) is 1.67. The quantitative estimate of drug-likeness (QED) is 0.786. The maximum Gasteiger partial charge on any atom is 0.241 e. The molecule has 1 heterocycles. The third kappa shape index (κ3) is 3.52. The van der Waals surface area contributed by atoms with Gasteiger partial charge in [-0.2, -0.15) is 11.8 Å². The number of hydrogen-bond donors (Lipinski definition) is 1. The molecule has 4 nitrogen and oxygen atoms in total. The first-order valence-corrected chi connectivity index (χ1v) is 8.80. The lowest BCUT2D eigenvalue weighted by Crippen LogP contribution is -2.32. The molecule has 2 rings (SSSR count). The lowest BCUT2D eigenvalue weighted by atomic mass is 10.1. The van der Waals surface area contributed by atoms with Gasteiger partial charge in [-0.15, -0.1) is 0 Å². The largest absolute Gasteiger partial charge is 0.496 e. The Morgan fingerprint density at radius 2 is 2.14 bits per heavy atom. The van der Waals surface area contributed by atoms with Crippen LogP contribution in [0.15, 0.2) is 24.3 Å². The van der Waals surface area contributed by atoms with E-state index in [2.05, 4.69) is 11.6 Å². The molecule has 0 aromatic heterocycles. The van der Waals surface area contributed by atoms with Crippen LogP contribution >= 0.6 is 11.8 Å². The van der Waals surface area contributed by atoms with Gasteiger partial charge in [-0.1, -0.05) is 25.1 Å². The second-order valence-electron chi connectivity index (χ2n) is 5.15. The van der Waals surface area contributed by atoms with Crippen molar-refractivity contribution in [3.8, 4) is 5.75 Å². The van der Waals surface area contributed by atoms with Crippen molar-refractivity contribution in [2.45, 2.75) is 32.0 Å². The summed E-state index contributed by atoms with van der Waals surface area (Å²) in [4.78, 5) is 14.5. The normalized spacial score (nSPS) is 21.9. The van der Waals surface area contributed by atoms with Crippen molar-refractivity contribution in [1.29, 1.82) is 0 Å². The Bertz CT molecular complexity index is 481. The Morgan fingerprint density at radius 1 is 1.38 bits per heavy atom. The van der Waals surface area contributed by atoms with Gasteiger partial charge in [0.25, 0.3) is 0 Å². The van der Waals surface area contributed by atoms with Crippen molar-refractivity contribution < 1.29 is 9.53 Å². The zero-order chi connectivity index (χ0) is 15.2. The smallest absolute Gasteiger partial charge is 0.241 e. The van der Waals surface area contributed by atoms with Crippen molar-refractivity contribution in [2.24, 2.45) is 0 Å². The van der Waals surface area contributed by atoms with Gasteiger partial charge in [0.05, 0.1) is 13.2 Å². The zero-order valence-corrected chi connectivity index (χ0v) is 13.8. The highest BCUT2D eigenvalue weighted by molar-refractivity contribution is 7.98. The van der Waals surface area contributed by atoms with E-state index in [1.165, 1.54) is 0 Å². The number of benzene rings is 1. The van der Waals surface area contributed by atoms with Gasteiger partial charge in [0.15, 0.2) is 0 Å². The number of carbonyl (C=O) groups excluding carboxylic acids is 1. The molecule has 0 spiro atoms. The minimum absolute atomic E-state index is 0.0829. The van der Waals surface area contributed by atoms with Crippen LogP contribution in [-0.4, -0.2) is 42.5 Å². The summed E-state index contributed by atoms with van der Waals surface area (Å²) < 4.78 is 5.45. The molecule has 1 N–H and O–H groups in total. The summed E-state index contributed by atoms with van der Waals surface area (Å²) in [5.74, 6) is 2.10. The first-order valence-electron chi connectivity index (χ1n) is 7.41. The molecule has 116 valence electrons. The third-order valence-electron chi connectivity index (χ3n) is 3.84. The fraction of sp³-hybridized carbons (Fsp3) is 0.562. The molecule has 0 aliphatic carbocycles. The van der Waals surface area contributed by atoms with Gasteiger partial charge in [-0.3, -0.25) is 10.1 Å². The molecule has 0 bridgehead atoms. The van der Waals surface area contributed by atoms with E-state index in [0.717, 1.165) is 36.5 Å². The molecule has 1 aliphatic rings. The van der Waals surface area contributed by atoms with E-state index in [0.29, 0.717) is 0 Å². The fourth-order valence-corrected chi connectivity index (χ4v) is 3.16. The van der Waals surface area contributed by atoms with Gasteiger partial charge >= 0.3 is 0 Å². The predicted molar refractivity (Wildman–Crippen MR) is 87.7 cm³/mol. The van der Waals surface area contributed by atoms with Crippen LogP contribution in [0.4, 0.5) is 0 Å². The highest BCUT2D eigenvalue weighted by Crippen LogP contribution is 2.32. The Kier molecular flexibility index (Phi) is 5.94. The van der Waals surface area contributed by atoms with E-state index in [1.807, 2.05) is 47.9 Å². The van der Waals surface area contributed by atoms with Gasteiger partial charge < -0.3 is 9.64 Å². The van der Waals surface area contributed by atoms with E-state index in [4.69, 9.17) is 4.74 Å². The van der Waals surface area contributed by atoms with Crippen molar-refractivity contribution in [3.05, 3.63) is 29.8 Å². The third-order valence-corrected chi connectivity index (χ3v) is 4.54. The highest BCUT2D eigenvalue weighted by atomic mass is 32.2. The van der Waals surface area contributed by atoms with Crippen LogP contribution in [0.2, 0.25) is 0 Å². The Labute approximate surface area is 131 Å². The SMILES string of the molecule is CCC1NC(c2ccccc2OC)N(CCCSC)C1=O. The second-order valence-corrected chi connectivity index (χ2v) is 6.14. The van der Waals surface area contributed by atoms with Crippen LogP contribution in [0.3, 0.4) is 0 Å². The van der Waals surface area contributed by atoms with Crippen LogP contribution in [0, 0.1) is 0 Å². The number of rotatable bonds is 7. The minimum Gasteiger partial charge on any atom is -0.496 e. The first kappa shape index (κ1) is 16.2. The number of thioether (sulfide) groups is 1. The van der Waals surface area contributed by atoms with Crippen LogP contribution < -0.4 is 10.1 Å². The number of carbonyl (C=O) groups is 1. The van der Waals surface area contributed by atoms with Crippen molar-refractivity contribution >= 4 is 17.7 Å². The molecule has 1 fully saturated rings. The Morgan fingerprint density at radius 3 is 2.81 bits per heavy atom. The topological polar surface area (TPSA) is 41.6 Å². The van der Waals surface area contributed by atoms with E-state index >= 15 is 0 Å². The minimum atomic E-state index is -0.0887. The number of methoxy groups -OCH3 is 1. The van der Waals surface area contributed by atoms with Gasteiger partial charge in [-0.05, 0) is 30.9 Å². The Balaban J connectivity index is 2.23. The molecule has 2 unspecified atom stereocenters. The van der Waals surface area contributed by atoms with Crippen molar-refractivity contribution in [1.82, 2.24) is 10.2 Å². The number of nitrogens with one attached hydrogen (secondary N) is 1. The average Bonchev–Trinajstić information content (AvgIpc) is 2.84.